The van der Waals surface area contributed by atoms with E-state index in [2.05, 4.69) is 20.6 Å². The van der Waals surface area contributed by atoms with Crippen LogP contribution in [-0.4, -0.2) is 38.4 Å². The number of esters is 1. The topological polar surface area (TPSA) is 125 Å². The Labute approximate surface area is 193 Å². The number of carbonyl (C=O) groups excluding carboxylic acids is 2. The molecule has 34 heavy (non-hydrogen) atoms. The largest absolute Gasteiger partial charge is 0.463 e. The zero-order valence-corrected chi connectivity index (χ0v) is 18.3. The first-order chi connectivity index (χ1) is 16.5. The molecule has 1 aromatic carbocycles. The molecule has 5 aromatic rings. The van der Waals surface area contributed by atoms with Gasteiger partial charge in [0.1, 0.15) is 5.69 Å². The van der Waals surface area contributed by atoms with Gasteiger partial charge in [-0.2, -0.15) is 5.10 Å². The Kier molecular flexibility index (Phi) is 5.38. The van der Waals surface area contributed by atoms with Crippen molar-refractivity contribution in [2.24, 2.45) is 0 Å². The molecule has 0 aliphatic heterocycles. The van der Waals surface area contributed by atoms with Gasteiger partial charge >= 0.3 is 5.97 Å². The van der Waals surface area contributed by atoms with E-state index >= 15 is 0 Å². The normalized spacial score (nSPS) is 11.0. The molecule has 1 amide bonds. The van der Waals surface area contributed by atoms with Gasteiger partial charge in [-0.1, -0.05) is 5.16 Å². The number of rotatable bonds is 6. The lowest BCUT2D eigenvalue weighted by atomic mass is 10.1. The van der Waals surface area contributed by atoms with Crippen LogP contribution in [0.15, 0.2) is 69.9 Å². The summed E-state index contributed by atoms with van der Waals surface area (Å²) < 4.78 is 17.2. The average Bonchev–Trinajstić information content (AvgIpc) is 3.61. The third kappa shape index (κ3) is 3.92. The molecule has 0 unspecified atom stereocenters. The molecule has 10 nitrogen and oxygen atoms in total. The number of benzene rings is 1. The van der Waals surface area contributed by atoms with Crippen LogP contribution < -0.4 is 5.32 Å². The van der Waals surface area contributed by atoms with Crippen molar-refractivity contribution in [3.05, 3.63) is 77.9 Å². The molecule has 1 N–H and O–H groups in total. The van der Waals surface area contributed by atoms with Crippen LogP contribution in [0.3, 0.4) is 0 Å². The molecule has 0 aliphatic carbocycles. The van der Waals surface area contributed by atoms with Gasteiger partial charge in [0.05, 0.1) is 35.2 Å². The maximum Gasteiger partial charge on any atom is 0.358 e. The maximum absolute atomic E-state index is 13.2. The number of amides is 1. The highest BCUT2D eigenvalue weighted by Crippen LogP contribution is 2.28. The molecule has 0 spiro atoms. The summed E-state index contributed by atoms with van der Waals surface area (Å²) >= 11 is 0. The van der Waals surface area contributed by atoms with Gasteiger partial charge < -0.3 is 19.0 Å². The van der Waals surface area contributed by atoms with Crippen LogP contribution in [-0.2, 0) is 4.74 Å². The van der Waals surface area contributed by atoms with Crippen molar-refractivity contribution in [1.82, 2.24) is 19.9 Å². The molecule has 0 atom stereocenters. The van der Waals surface area contributed by atoms with Crippen LogP contribution in [0.5, 0.6) is 0 Å². The first kappa shape index (κ1) is 21.1. The third-order valence-corrected chi connectivity index (χ3v) is 5.10. The molecule has 10 heteroatoms. The van der Waals surface area contributed by atoms with Gasteiger partial charge in [-0.15, -0.1) is 0 Å². The van der Waals surface area contributed by atoms with Gasteiger partial charge in [-0.3, -0.25) is 4.79 Å². The average molecular weight is 457 g/mol. The second kappa shape index (κ2) is 8.66. The summed E-state index contributed by atoms with van der Waals surface area (Å²) in [6.07, 6.45) is 3.20. The fourth-order valence-electron chi connectivity index (χ4n) is 3.50. The highest BCUT2D eigenvalue weighted by atomic mass is 16.5. The van der Waals surface area contributed by atoms with Crippen LogP contribution in [0.2, 0.25) is 0 Å². The number of carbonyl (C=O) groups is 2. The van der Waals surface area contributed by atoms with Crippen LogP contribution in [0.25, 0.3) is 28.2 Å². The Hall–Kier alpha value is -4.73. The molecule has 0 radical (unpaired) electrons. The summed E-state index contributed by atoms with van der Waals surface area (Å²) in [5.41, 5.74) is 3.15. The van der Waals surface area contributed by atoms with E-state index in [0.717, 1.165) is 5.69 Å². The number of aryl methyl sites for hydroxylation is 1. The first-order valence-electron chi connectivity index (χ1n) is 10.5. The molecule has 4 aromatic heterocycles. The van der Waals surface area contributed by atoms with Crippen molar-refractivity contribution >= 4 is 28.7 Å². The zero-order chi connectivity index (χ0) is 23.7. The summed E-state index contributed by atoms with van der Waals surface area (Å²) in [6, 6.07) is 13.8. The van der Waals surface area contributed by atoms with Crippen molar-refractivity contribution in [2.45, 2.75) is 13.8 Å². The minimum Gasteiger partial charge on any atom is -0.463 e. The molecule has 4 heterocycles. The summed E-state index contributed by atoms with van der Waals surface area (Å²) in [4.78, 5) is 29.4. The van der Waals surface area contributed by atoms with Crippen LogP contribution in [0.1, 0.15) is 33.5 Å². The van der Waals surface area contributed by atoms with Gasteiger partial charge in [0.25, 0.3) is 11.6 Å². The van der Waals surface area contributed by atoms with E-state index in [1.807, 2.05) is 0 Å². The minimum atomic E-state index is -0.480. The second-order valence-corrected chi connectivity index (χ2v) is 7.35. The summed E-state index contributed by atoms with van der Waals surface area (Å²) in [5, 5.41) is 11.6. The van der Waals surface area contributed by atoms with Crippen LogP contribution in [0, 0.1) is 6.92 Å². The molecule has 0 fully saturated rings. The molecular weight excluding hydrogens is 438 g/mol. The van der Waals surface area contributed by atoms with E-state index in [9.17, 15) is 9.59 Å². The zero-order valence-electron chi connectivity index (χ0n) is 18.3. The van der Waals surface area contributed by atoms with E-state index in [-0.39, 0.29) is 23.9 Å². The number of fused-ring (bicyclic) bond motifs is 1. The number of nitrogens with one attached hydrogen (secondary N) is 1. The molecule has 5 rings (SSSR count). The van der Waals surface area contributed by atoms with Crippen molar-refractivity contribution in [1.29, 1.82) is 0 Å². The predicted octanol–water partition coefficient (Wildman–Crippen LogP) is 4.41. The first-order valence-corrected chi connectivity index (χ1v) is 10.5. The number of hydrogen-bond acceptors (Lipinski definition) is 8. The molecule has 0 bridgehead atoms. The van der Waals surface area contributed by atoms with E-state index in [0.29, 0.717) is 33.8 Å². The standard InChI is InChI=1S/C24H19N5O5/c1-3-32-24(31)18-10-11-29(27-18)16-8-6-15(7-9-16)25-22(30)17-13-19(20-5-4-12-33-20)26-23-21(17)14(2)28-34-23/h4-13H,3H2,1-2H3,(H,25,30). The SMILES string of the molecule is CCOC(=O)c1ccn(-c2ccc(NC(=O)c3cc(-c4ccco4)nc4onc(C)c34)cc2)n1. The van der Waals surface area contributed by atoms with Crippen LogP contribution in [0.4, 0.5) is 5.69 Å². The van der Waals surface area contributed by atoms with Gasteiger partial charge in [-0.25, -0.2) is 14.5 Å². The smallest absolute Gasteiger partial charge is 0.358 e. The van der Waals surface area contributed by atoms with Crippen molar-refractivity contribution in [3.63, 3.8) is 0 Å². The lowest BCUT2D eigenvalue weighted by Gasteiger charge is -2.09. The number of pyridine rings is 1. The molecular formula is C24H19N5O5. The Bertz CT molecular complexity index is 1480. The number of ether oxygens (including phenoxy) is 1. The van der Waals surface area contributed by atoms with E-state index < -0.39 is 5.97 Å². The predicted molar refractivity (Wildman–Crippen MR) is 122 cm³/mol. The molecule has 170 valence electrons. The minimum absolute atomic E-state index is 0.220. The Balaban J connectivity index is 1.40. The van der Waals surface area contributed by atoms with Crippen molar-refractivity contribution in [2.75, 3.05) is 11.9 Å². The second-order valence-electron chi connectivity index (χ2n) is 7.35. The number of hydrogen-bond donors (Lipinski definition) is 1. The number of anilines is 1. The lowest BCUT2D eigenvalue weighted by Crippen LogP contribution is -2.13. The molecule has 0 saturated carbocycles. The van der Waals surface area contributed by atoms with E-state index in [1.54, 1.807) is 73.3 Å². The third-order valence-electron chi connectivity index (χ3n) is 5.10. The highest BCUT2D eigenvalue weighted by molar-refractivity contribution is 6.13. The van der Waals surface area contributed by atoms with Gasteiger partial charge in [0.15, 0.2) is 11.5 Å². The quantitative estimate of drug-likeness (QED) is 0.372. The Morgan fingerprint density at radius 1 is 1.15 bits per heavy atom. The van der Waals surface area contributed by atoms with Crippen molar-refractivity contribution < 1.29 is 23.3 Å². The lowest BCUT2D eigenvalue weighted by molar-refractivity contribution is 0.0519. The van der Waals surface area contributed by atoms with Gasteiger partial charge in [-0.05, 0) is 62.4 Å². The molecule has 0 saturated heterocycles. The van der Waals surface area contributed by atoms with Crippen LogP contribution >= 0.6 is 0 Å². The molecule has 0 aliphatic rings. The maximum atomic E-state index is 13.2. The van der Waals surface area contributed by atoms with Gasteiger partial charge in [0.2, 0.25) is 0 Å². The van der Waals surface area contributed by atoms with Gasteiger partial charge in [0, 0.05) is 11.9 Å². The Morgan fingerprint density at radius 3 is 2.71 bits per heavy atom. The highest BCUT2D eigenvalue weighted by Gasteiger charge is 2.20. The van der Waals surface area contributed by atoms with E-state index in [1.165, 1.54) is 6.26 Å². The Morgan fingerprint density at radius 2 is 1.97 bits per heavy atom. The summed E-state index contributed by atoms with van der Waals surface area (Å²) in [7, 11) is 0. The number of furan rings is 1. The fourth-order valence-corrected chi connectivity index (χ4v) is 3.50. The van der Waals surface area contributed by atoms with E-state index in [4.69, 9.17) is 13.7 Å². The number of nitrogens with zero attached hydrogens (tertiary/aromatic N) is 4. The number of aromatic nitrogens is 4. The fraction of sp³-hybridized carbons (Fsp3) is 0.125. The summed E-state index contributed by atoms with van der Waals surface area (Å²) in [6.45, 7) is 3.77. The monoisotopic (exact) mass is 457 g/mol. The summed E-state index contributed by atoms with van der Waals surface area (Å²) in [5.74, 6) is -0.314. The van der Waals surface area contributed by atoms with Crippen molar-refractivity contribution in [3.8, 4) is 17.1 Å².